The largest absolute Gasteiger partial charge is 0.391 e. The molecule has 2 heterocycles. The molecule has 1 unspecified atom stereocenters. The van der Waals surface area contributed by atoms with E-state index in [1.54, 1.807) is 11.3 Å². The SMILES string of the molecule is Cc1ncsc1-c1ccc(CNC(=O)[C@@H]2C[C@@H](O)CN2C(=O)C(NC(=O)CBr)C(C)(C)C)cc1. The number of β-amino-alcohol motifs (C(OH)–C–C–N with tert-alkyl or cyclic N) is 1. The van der Waals surface area contributed by atoms with Crippen molar-refractivity contribution in [1.82, 2.24) is 20.5 Å². The fourth-order valence-electron chi connectivity index (χ4n) is 3.98. The Hall–Kier alpha value is -2.30. The van der Waals surface area contributed by atoms with Gasteiger partial charge in [-0.3, -0.25) is 14.4 Å². The maximum atomic E-state index is 13.4. The van der Waals surface area contributed by atoms with Gasteiger partial charge >= 0.3 is 0 Å². The van der Waals surface area contributed by atoms with Crippen LogP contribution in [0, 0.1) is 12.3 Å². The highest BCUT2D eigenvalue weighted by Crippen LogP contribution is 2.28. The summed E-state index contributed by atoms with van der Waals surface area (Å²) in [6.07, 6.45) is -0.640. The topological polar surface area (TPSA) is 112 Å². The van der Waals surface area contributed by atoms with E-state index in [2.05, 4.69) is 31.5 Å². The third kappa shape index (κ3) is 6.22. The smallest absolute Gasteiger partial charge is 0.246 e. The Labute approximate surface area is 212 Å². The number of carbonyl (C=O) groups excluding carboxylic acids is 3. The summed E-state index contributed by atoms with van der Waals surface area (Å²) < 4.78 is 0. The average Bonchev–Trinajstić information content (AvgIpc) is 3.40. The van der Waals surface area contributed by atoms with Crippen molar-refractivity contribution in [2.75, 3.05) is 11.9 Å². The number of thiazole rings is 1. The van der Waals surface area contributed by atoms with Crippen molar-refractivity contribution in [3.8, 4) is 10.4 Å². The van der Waals surface area contributed by atoms with Crippen molar-refractivity contribution in [2.45, 2.75) is 58.8 Å². The third-order valence-corrected chi connectivity index (χ3v) is 7.32. The second-order valence-corrected chi connectivity index (χ2v) is 11.0. The molecule has 1 fully saturated rings. The predicted molar refractivity (Wildman–Crippen MR) is 135 cm³/mol. The first kappa shape index (κ1) is 26.3. The molecule has 3 atom stereocenters. The molecule has 1 aromatic carbocycles. The first-order chi connectivity index (χ1) is 16.0. The van der Waals surface area contributed by atoms with Crippen molar-refractivity contribution in [1.29, 1.82) is 0 Å². The average molecular weight is 552 g/mol. The number of hydrogen-bond donors (Lipinski definition) is 3. The van der Waals surface area contributed by atoms with Gasteiger partial charge in [0.25, 0.3) is 0 Å². The summed E-state index contributed by atoms with van der Waals surface area (Å²) in [5, 5.41) is 15.9. The van der Waals surface area contributed by atoms with Gasteiger partial charge in [0.15, 0.2) is 0 Å². The molecule has 8 nitrogen and oxygen atoms in total. The van der Waals surface area contributed by atoms with Gasteiger partial charge in [-0.1, -0.05) is 61.0 Å². The van der Waals surface area contributed by atoms with E-state index >= 15 is 0 Å². The second kappa shape index (κ2) is 11.0. The number of benzene rings is 1. The zero-order valence-electron chi connectivity index (χ0n) is 19.8. The lowest BCUT2D eigenvalue weighted by Crippen LogP contribution is -2.57. The molecular formula is C24H31BrN4O4S. The molecular weight excluding hydrogens is 520 g/mol. The molecule has 184 valence electrons. The number of nitrogens with one attached hydrogen (secondary N) is 2. The van der Waals surface area contributed by atoms with Crippen molar-refractivity contribution in [3.05, 3.63) is 41.0 Å². The third-order valence-electron chi connectivity index (χ3n) is 5.83. The molecule has 2 aromatic rings. The molecule has 3 rings (SSSR count). The molecule has 1 aliphatic heterocycles. The molecule has 3 amide bonds. The van der Waals surface area contributed by atoms with Crippen molar-refractivity contribution < 1.29 is 19.5 Å². The Balaban J connectivity index is 1.67. The number of aliphatic hydroxyl groups is 1. The first-order valence-corrected chi connectivity index (χ1v) is 13.1. The normalized spacial score (nSPS) is 19.1. The number of halogens is 1. The van der Waals surface area contributed by atoms with E-state index in [0.29, 0.717) is 6.54 Å². The van der Waals surface area contributed by atoms with Gasteiger partial charge < -0.3 is 20.6 Å². The van der Waals surface area contributed by atoms with Crippen LogP contribution in [0.15, 0.2) is 29.8 Å². The van der Waals surface area contributed by atoms with Gasteiger partial charge in [0.1, 0.15) is 12.1 Å². The zero-order valence-corrected chi connectivity index (χ0v) is 22.2. The molecule has 0 bridgehead atoms. The fraction of sp³-hybridized carbons (Fsp3) is 0.500. The summed E-state index contributed by atoms with van der Waals surface area (Å²) >= 11 is 4.69. The molecule has 3 N–H and O–H groups in total. The Morgan fingerprint density at radius 2 is 1.94 bits per heavy atom. The molecule has 0 radical (unpaired) electrons. The number of amides is 3. The number of likely N-dealkylation sites (tertiary alicyclic amines) is 1. The Morgan fingerprint density at radius 3 is 2.50 bits per heavy atom. The fourth-order valence-corrected chi connectivity index (χ4v) is 4.95. The molecule has 0 spiro atoms. The van der Waals surface area contributed by atoms with E-state index in [1.807, 2.05) is 57.5 Å². The van der Waals surface area contributed by atoms with Gasteiger partial charge in [0, 0.05) is 19.5 Å². The lowest BCUT2D eigenvalue weighted by molar-refractivity contribution is -0.143. The van der Waals surface area contributed by atoms with E-state index in [-0.39, 0.29) is 36.0 Å². The van der Waals surface area contributed by atoms with Crippen molar-refractivity contribution >= 4 is 45.0 Å². The van der Waals surface area contributed by atoms with Crippen LogP contribution in [0.4, 0.5) is 0 Å². The quantitative estimate of drug-likeness (QED) is 0.459. The van der Waals surface area contributed by atoms with Crippen LogP contribution in [-0.4, -0.2) is 62.8 Å². The maximum absolute atomic E-state index is 13.4. The monoisotopic (exact) mass is 550 g/mol. The summed E-state index contributed by atoms with van der Waals surface area (Å²) in [4.78, 5) is 45.1. The van der Waals surface area contributed by atoms with Gasteiger partial charge in [-0.15, -0.1) is 11.3 Å². The van der Waals surface area contributed by atoms with Gasteiger partial charge in [-0.05, 0) is 23.5 Å². The number of hydrogen-bond acceptors (Lipinski definition) is 6. The number of nitrogens with zero attached hydrogens (tertiary/aromatic N) is 2. The lowest BCUT2D eigenvalue weighted by Gasteiger charge is -2.35. The van der Waals surface area contributed by atoms with Crippen LogP contribution in [0.3, 0.4) is 0 Å². The van der Waals surface area contributed by atoms with Crippen LogP contribution in [-0.2, 0) is 20.9 Å². The van der Waals surface area contributed by atoms with Crippen molar-refractivity contribution in [3.63, 3.8) is 0 Å². The van der Waals surface area contributed by atoms with Crippen LogP contribution in [0.2, 0.25) is 0 Å². The molecule has 0 aliphatic carbocycles. The molecule has 0 saturated carbocycles. The second-order valence-electron chi connectivity index (χ2n) is 9.58. The van der Waals surface area contributed by atoms with Crippen LogP contribution in [0.25, 0.3) is 10.4 Å². The number of aryl methyl sites for hydroxylation is 1. The molecule has 10 heteroatoms. The van der Waals surface area contributed by atoms with Crippen LogP contribution in [0.5, 0.6) is 0 Å². The van der Waals surface area contributed by atoms with E-state index in [4.69, 9.17) is 0 Å². The summed E-state index contributed by atoms with van der Waals surface area (Å²) in [6, 6.07) is 6.28. The summed E-state index contributed by atoms with van der Waals surface area (Å²) in [7, 11) is 0. The summed E-state index contributed by atoms with van der Waals surface area (Å²) in [5.74, 6) is -1.01. The number of carbonyl (C=O) groups is 3. The number of alkyl halides is 1. The minimum atomic E-state index is -0.819. The van der Waals surface area contributed by atoms with Gasteiger partial charge in [0.2, 0.25) is 17.7 Å². The highest BCUT2D eigenvalue weighted by Gasteiger charge is 2.44. The van der Waals surface area contributed by atoms with Gasteiger partial charge in [0.05, 0.1) is 27.5 Å². The molecule has 1 aromatic heterocycles. The minimum Gasteiger partial charge on any atom is -0.391 e. The molecule has 34 heavy (non-hydrogen) atoms. The van der Waals surface area contributed by atoms with Crippen LogP contribution in [0.1, 0.15) is 38.4 Å². The number of aliphatic hydroxyl groups excluding tert-OH is 1. The van der Waals surface area contributed by atoms with E-state index in [9.17, 15) is 19.5 Å². The summed E-state index contributed by atoms with van der Waals surface area (Å²) in [6.45, 7) is 7.88. The molecule has 1 saturated heterocycles. The first-order valence-electron chi connectivity index (χ1n) is 11.1. The van der Waals surface area contributed by atoms with Crippen LogP contribution < -0.4 is 10.6 Å². The predicted octanol–water partition coefficient (Wildman–Crippen LogP) is 2.62. The minimum absolute atomic E-state index is 0.0522. The standard InChI is InChI=1S/C24H31BrN4O4S/c1-14-20(34-13-27-14)16-7-5-15(6-8-16)11-26-22(32)18-9-17(30)12-29(18)23(33)21(24(2,3)4)28-19(31)10-25/h5-8,13,17-18,21,30H,9-12H2,1-4H3,(H,26,32)(H,28,31)/t17-,18+,21?/m1/s1. The maximum Gasteiger partial charge on any atom is 0.246 e. The molecule has 1 aliphatic rings. The number of rotatable bonds is 7. The highest BCUT2D eigenvalue weighted by molar-refractivity contribution is 9.09. The highest BCUT2D eigenvalue weighted by atomic mass is 79.9. The zero-order chi connectivity index (χ0) is 25.0. The summed E-state index contributed by atoms with van der Waals surface area (Å²) in [5.41, 5.74) is 4.23. The lowest BCUT2D eigenvalue weighted by atomic mass is 9.85. The van der Waals surface area contributed by atoms with Gasteiger partial charge in [-0.2, -0.15) is 0 Å². The van der Waals surface area contributed by atoms with E-state index < -0.39 is 23.6 Å². The Bertz CT molecular complexity index is 1030. The van der Waals surface area contributed by atoms with Gasteiger partial charge in [-0.25, -0.2) is 4.98 Å². The Kier molecular flexibility index (Phi) is 8.48. The number of aromatic nitrogens is 1. The van der Waals surface area contributed by atoms with E-state index in [1.165, 1.54) is 4.90 Å². The Morgan fingerprint density at radius 1 is 1.26 bits per heavy atom. The van der Waals surface area contributed by atoms with E-state index in [0.717, 1.165) is 21.7 Å². The van der Waals surface area contributed by atoms with Crippen LogP contribution >= 0.6 is 27.3 Å². The van der Waals surface area contributed by atoms with Crippen molar-refractivity contribution in [2.24, 2.45) is 5.41 Å².